The maximum absolute atomic E-state index is 15.5. The first kappa shape index (κ1) is 31.8. The summed E-state index contributed by atoms with van der Waals surface area (Å²) >= 11 is 0. The van der Waals surface area contributed by atoms with Crippen LogP contribution in [0.2, 0.25) is 0 Å². The summed E-state index contributed by atoms with van der Waals surface area (Å²) in [4.78, 5) is 47.8. The van der Waals surface area contributed by atoms with E-state index in [-0.39, 0.29) is 23.8 Å². The Kier molecular flexibility index (Phi) is 8.63. The number of amides is 1. The van der Waals surface area contributed by atoms with Gasteiger partial charge in [-0.1, -0.05) is 6.07 Å². The Morgan fingerprint density at radius 1 is 1.02 bits per heavy atom. The number of benzene rings is 1. The van der Waals surface area contributed by atoms with E-state index in [2.05, 4.69) is 32.9 Å². The number of halogens is 1. The molecule has 0 radical (unpaired) electrons. The van der Waals surface area contributed by atoms with Gasteiger partial charge in [-0.15, -0.1) is 0 Å². The molecule has 0 spiro atoms. The van der Waals surface area contributed by atoms with Crippen molar-refractivity contribution in [1.29, 1.82) is 0 Å². The molecule has 250 valence electrons. The van der Waals surface area contributed by atoms with E-state index in [9.17, 15) is 14.4 Å². The van der Waals surface area contributed by atoms with Crippen molar-refractivity contribution in [2.75, 3.05) is 36.9 Å². The number of nitrogens with zero attached hydrogens (tertiary/aromatic N) is 5. The summed E-state index contributed by atoms with van der Waals surface area (Å²) in [6, 6.07) is 10.3. The third kappa shape index (κ3) is 6.14. The molecule has 1 aliphatic carbocycles. The predicted octanol–water partition coefficient (Wildman–Crippen LogP) is 5.54. The van der Waals surface area contributed by atoms with Crippen LogP contribution < -0.4 is 15.8 Å². The van der Waals surface area contributed by atoms with E-state index in [0.717, 1.165) is 51.6 Å². The van der Waals surface area contributed by atoms with Gasteiger partial charge in [0.15, 0.2) is 0 Å². The van der Waals surface area contributed by atoms with Gasteiger partial charge in [-0.25, -0.2) is 9.37 Å². The Balaban J connectivity index is 1.24. The topological polar surface area (TPSA) is 102 Å². The molecule has 10 nitrogen and oxygen atoms in total. The second-order valence-corrected chi connectivity index (χ2v) is 13.3. The highest BCUT2D eigenvalue weighted by molar-refractivity contribution is 6.07. The molecule has 48 heavy (non-hydrogen) atoms. The van der Waals surface area contributed by atoms with Crippen molar-refractivity contribution >= 4 is 29.1 Å². The molecule has 1 saturated heterocycles. The number of rotatable bonds is 7. The smallest absolute Gasteiger partial charge is 0.302 e. The number of carbonyl (C=O) groups is 2. The van der Waals surface area contributed by atoms with Gasteiger partial charge < -0.3 is 29.0 Å². The van der Waals surface area contributed by atoms with Crippen molar-refractivity contribution in [2.24, 2.45) is 7.05 Å². The Hall–Kier alpha value is -4.77. The first-order valence-corrected chi connectivity index (χ1v) is 16.8. The highest BCUT2D eigenvalue weighted by atomic mass is 19.1. The fourth-order valence-corrected chi connectivity index (χ4v) is 7.46. The van der Waals surface area contributed by atoms with E-state index in [0.29, 0.717) is 52.9 Å². The zero-order valence-corrected chi connectivity index (χ0v) is 27.7. The minimum Gasteiger partial charge on any atom is -0.461 e. The van der Waals surface area contributed by atoms with Crippen molar-refractivity contribution in [1.82, 2.24) is 19.0 Å². The molecular formula is C37H41FN6O4. The van der Waals surface area contributed by atoms with E-state index in [4.69, 9.17) is 4.74 Å². The van der Waals surface area contributed by atoms with Gasteiger partial charge in [-0.3, -0.25) is 14.4 Å². The van der Waals surface area contributed by atoms with Crippen LogP contribution >= 0.6 is 0 Å². The zero-order valence-electron chi connectivity index (χ0n) is 27.7. The van der Waals surface area contributed by atoms with Crippen LogP contribution in [0.3, 0.4) is 0 Å². The number of carbonyl (C=O) groups excluding carboxylic acids is 2. The van der Waals surface area contributed by atoms with E-state index in [1.165, 1.54) is 40.4 Å². The first-order chi connectivity index (χ1) is 23.2. The number of hydrogen-bond donors (Lipinski definition) is 1. The number of piperidine rings is 1. The number of anilines is 3. The quantitative estimate of drug-likeness (QED) is 0.262. The molecule has 0 saturated carbocycles. The molecule has 7 rings (SSSR count). The Labute approximate surface area is 279 Å². The lowest BCUT2D eigenvalue weighted by Crippen LogP contribution is -2.41. The fourth-order valence-electron chi connectivity index (χ4n) is 7.46. The van der Waals surface area contributed by atoms with Gasteiger partial charge >= 0.3 is 5.97 Å². The average Bonchev–Trinajstić information content (AvgIpc) is 3.46. The number of aromatic nitrogens is 3. The third-order valence-electron chi connectivity index (χ3n) is 10.1. The summed E-state index contributed by atoms with van der Waals surface area (Å²) in [7, 11) is 3.76. The molecule has 0 unspecified atom stereocenters. The zero-order chi connectivity index (χ0) is 33.5. The van der Waals surface area contributed by atoms with Crippen molar-refractivity contribution in [3.05, 3.63) is 93.0 Å². The summed E-state index contributed by atoms with van der Waals surface area (Å²) in [5, 5.41) is 3.17. The molecule has 2 aliphatic heterocycles. The molecule has 0 atom stereocenters. The van der Waals surface area contributed by atoms with E-state index in [1.807, 2.05) is 18.3 Å². The van der Waals surface area contributed by atoms with Crippen LogP contribution in [-0.2, 0) is 42.6 Å². The standard InChI is InChI=1S/C37H41FN6O4/c1-23(45)48-22-30-29(18-28(38)19-33(30)44-15-14-43-32-7-5-4-6-25(32)17-34(43)37(44)47)27-16-31(36(46)42(3)21-27)40-35-9-8-26(20-39-35)24-10-12-41(2)13-11-24/h8-9,16-21,24H,4-7,10-15,22H2,1-3H3,(H,39,40). The van der Waals surface area contributed by atoms with Gasteiger partial charge in [0.05, 0.1) is 5.69 Å². The molecule has 1 N–H and O–H groups in total. The Morgan fingerprint density at radius 2 is 1.81 bits per heavy atom. The first-order valence-electron chi connectivity index (χ1n) is 16.8. The Bertz CT molecular complexity index is 1940. The van der Waals surface area contributed by atoms with Gasteiger partial charge in [-0.05, 0) is 112 Å². The van der Waals surface area contributed by atoms with Crippen LogP contribution in [0.25, 0.3) is 11.1 Å². The maximum Gasteiger partial charge on any atom is 0.302 e. The molecule has 5 heterocycles. The lowest BCUT2D eigenvalue weighted by Gasteiger charge is -2.32. The largest absolute Gasteiger partial charge is 0.461 e. The van der Waals surface area contributed by atoms with Crippen molar-refractivity contribution in [3.63, 3.8) is 0 Å². The van der Waals surface area contributed by atoms with Gasteiger partial charge in [-0.2, -0.15) is 0 Å². The van der Waals surface area contributed by atoms with Gasteiger partial charge in [0.1, 0.15) is 29.6 Å². The molecule has 11 heteroatoms. The van der Waals surface area contributed by atoms with Crippen LogP contribution in [0.5, 0.6) is 0 Å². The van der Waals surface area contributed by atoms with Gasteiger partial charge in [0.25, 0.3) is 11.5 Å². The van der Waals surface area contributed by atoms with E-state index >= 15 is 4.39 Å². The number of pyridine rings is 2. The lowest BCUT2D eigenvalue weighted by molar-refractivity contribution is -0.142. The highest BCUT2D eigenvalue weighted by Gasteiger charge is 2.32. The van der Waals surface area contributed by atoms with Crippen LogP contribution in [-0.4, -0.2) is 57.6 Å². The van der Waals surface area contributed by atoms with Crippen molar-refractivity contribution in [3.8, 4) is 11.1 Å². The number of ether oxygens (including phenoxy) is 1. The van der Waals surface area contributed by atoms with Crippen molar-refractivity contribution in [2.45, 2.75) is 64.5 Å². The monoisotopic (exact) mass is 652 g/mol. The van der Waals surface area contributed by atoms with Crippen LogP contribution in [0.4, 0.5) is 21.6 Å². The number of likely N-dealkylation sites (tertiary alicyclic amines) is 1. The summed E-state index contributed by atoms with van der Waals surface area (Å²) in [6.45, 7) is 4.18. The SMILES string of the molecule is CC(=O)OCc1c(-c2cc(Nc3ccc(C4CCN(C)CC4)cn3)c(=O)n(C)c2)cc(F)cc1N1CCn2c(cc3c2CCCC3)C1=O. The van der Waals surface area contributed by atoms with E-state index < -0.39 is 11.8 Å². The summed E-state index contributed by atoms with van der Waals surface area (Å²) < 4.78 is 24.6. The fraction of sp³-hybridized carbons (Fsp3) is 0.405. The van der Waals surface area contributed by atoms with Crippen molar-refractivity contribution < 1.29 is 18.7 Å². The predicted molar refractivity (Wildman–Crippen MR) is 182 cm³/mol. The molecule has 1 amide bonds. The second-order valence-electron chi connectivity index (χ2n) is 13.3. The maximum atomic E-state index is 15.5. The average molecular weight is 653 g/mol. The molecule has 3 aliphatic rings. The Morgan fingerprint density at radius 3 is 2.56 bits per heavy atom. The molecule has 3 aromatic heterocycles. The van der Waals surface area contributed by atoms with Crippen LogP contribution in [0.1, 0.15) is 71.4 Å². The number of fused-ring (bicyclic) bond motifs is 3. The number of esters is 1. The van der Waals surface area contributed by atoms with E-state index in [1.54, 1.807) is 24.2 Å². The molecule has 1 fully saturated rings. The highest BCUT2D eigenvalue weighted by Crippen LogP contribution is 2.37. The van der Waals surface area contributed by atoms with Gasteiger partial charge in [0, 0.05) is 56.3 Å². The minimum absolute atomic E-state index is 0.173. The second kappa shape index (κ2) is 13.0. The summed E-state index contributed by atoms with van der Waals surface area (Å²) in [6.07, 6.45) is 9.75. The summed E-state index contributed by atoms with van der Waals surface area (Å²) in [5.41, 5.74) is 5.95. The minimum atomic E-state index is -0.547. The summed E-state index contributed by atoms with van der Waals surface area (Å²) in [5.74, 6) is -0.285. The number of hydrogen-bond acceptors (Lipinski definition) is 7. The van der Waals surface area contributed by atoms with Gasteiger partial charge in [0.2, 0.25) is 0 Å². The van der Waals surface area contributed by atoms with Crippen LogP contribution in [0, 0.1) is 5.82 Å². The molecule has 1 aromatic carbocycles. The third-order valence-corrected chi connectivity index (χ3v) is 10.1. The molecule has 0 bridgehead atoms. The lowest BCUT2D eigenvalue weighted by atomic mass is 9.91. The molecule has 4 aromatic rings. The van der Waals surface area contributed by atoms with Crippen LogP contribution in [0.15, 0.2) is 53.6 Å². The number of nitrogens with one attached hydrogen (secondary N) is 1. The molecular weight excluding hydrogens is 611 g/mol. The normalized spacial score (nSPS) is 16.8. The number of aryl methyl sites for hydroxylation is 2.